The van der Waals surface area contributed by atoms with Gasteiger partial charge in [0, 0.05) is 32.0 Å². The molecular weight excluding hydrogens is 236 g/mol. The molecule has 0 aliphatic heterocycles. The predicted molar refractivity (Wildman–Crippen MR) is 79.7 cm³/mol. The first kappa shape index (κ1) is 13.6. The van der Waals surface area contributed by atoms with E-state index in [1.165, 1.54) is 11.3 Å². The molecule has 19 heavy (non-hydrogen) atoms. The van der Waals surface area contributed by atoms with Crippen LogP contribution in [0, 0.1) is 13.8 Å². The third-order valence-electron chi connectivity index (χ3n) is 3.36. The van der Waals surface area contributed by atoms with E-state index in [-0.39, 0.29) is 6.04 Å². The Morgan fingerprint density at radius 1 is 1.21 bits per heavy atom. The van der Waals surface area contributed by atoms with Gasteiger partial charge in [-0.05, 0) is 37.6 Å². The van der Waals surface area contributed by atoms with Gasteiger partial charge in [-0.1, -0.05) is 12.1 Å². The Hall–Kier alpha value is -1.81. The summed E-state index contributed by atoms with van der Waals surface area (Å²) in [6, 6.07) is 10.7. The fourth-order valence-corrected chi connectivity index (χ4v) is 2.33. The molecule has 1 aromatic carbocycles. The van der Waals surface area contributed by atoms with Gasteiger partial charge < -0.3 is 10.6 Å². The largest absolute Gasteiger partial charge is 0.378 e. The third kappa shape index (κ3) is 2.79. The second kappa shape index (κ2) is 5.45. The molecule has 2 rings (SSSR count). The summed E-state index contributed by atoms with van der Waals surface area (Å²) in [6.07, 6.45) is 0. The summed E-state index contributed by atoms with van der Waals surface area (Å²) >= 11 is 0. The lowest BCUT2D eigenvalue weighted by atomic mass is 10.1. The van der Waals surface area contributed by atoms with Crippen molar-refractivity contribution in [3.05, 3.63) is 47.3 Å². The molecule has 0 spiro atoms. The first-order valence-corrected chi connectivity index (χ1v) is 6.53. The van der Waals surface area contributed by atoms with Gasteiger partial charge in [-0.3, -0.25) is 4.68 Å². The minimum atomic E-state index is 0.102. The number of rotatable bonds is 4. The zero-order valence-electron chi connectivity index (χ0n) is 12.1. The molecule has 1 unspecified atom stereocenters. The lowest BCUT2D eigenvalue weighted by molar-refractivity contribution is 0.516. The van der Waals surface area contributed by atoms with Crippen LogP contribution in [0.25, 0.3) is 0 Å². The molecule has 0 bridgehead atoms. The lowest BCUT2D eigenvalue weighted by Gasteiger charge is -2.19. The van der Waals surface area contributed by atoms with E-state index < -0.39 is 0 Å². The quantitative estimate of drug-likeness (QED) is 0.913. The van der Waals surface area contributed by atoms with Crippen LogP contribution in [0.4, 0.5) is 5.69 Å². The third-order valence-corrected chi connectivity index (χ3v) is 3.36. The van der Waals surface area contributed by atoms with Crippen LogP contribution < -0.4 is 10.6 Å². The number of aryl methyl sites for hydroxylation is 2. The van der Waals surface area contributed by atoms with E-state index in [2.05, 4.69) is 47.3 Å². The van der Waals surface area contributed by atoms with Crippen molar-refractivity contribution in [1.82, 2.24) is 9.78 Å². The molecule has 0 aliphatic rings. The maximum absolute atomic E-state index is 5.94. The molecule has 1 atom stereocenters. The minimum absolute atomic E-state index is 0.102. The van der Waals surface area contributed by atoms with Gasteiger partial charge in [0.05, 0.1) is 11.7 Å². The van der Waals surface area contributed by atoms with E-state index in [1.807, 2.05) is 25.7 Å². The highest BCUT2D eigenvalue weighted by Crippen LogP contribution is 2.22. The minimum Gasteiger partial charge on any atom is -0.378 e. The number of hydrogen-bond acceptors (Lipinski definition) is 3. The molecule has 1 heterocycles. The number of nitrogens with zero attached hydrogens (tertiary/aromatic N) is 3. The van der Waals surface area contributed by atoms with Crippen LogP contribution >= 0.6 is 0 Å². The number of benzene rings is 1. The molecule has 0 radical (unpaired) electrons. The second-order valence-electron chi connectivity index (χ2n) is 5.11. The van der Waals surface area contributed by atoms with Gasteiger partial charge in [0.15, 0.2) is 0 Å². The van der Waals surface area contributed by atoms with Gasteiger partial charge in [-0.15, -0.1) is 0 Å². The fraction of sp³-hybridized carbons (Fsp3) is 0.400. The maximum atomic E-state index is 5.94. The van der Waals surface area contributed by atoms with Gasteiger partial charge in [0.25, 0.3) is 0 Å². The van der Waals surface area contributed by atoms with E-state index in [0.29, 0.717) is 6.54 Å². The maximum Gasteiger partial charge on any atom is 0.0893 e. The van der Waals surface area contributed by atoms with Crippen LogP contribution in [0.1, 0.15) is 23.0 Å². The molecule has 0 saturated carbocycles. The van der Waals surface area contributed by atoms with E-state index in [1.54, 1.807) is 0 Å². The summed E-state index contributed by atoms with van der Waals surface area (Å²) in [5, 5.41) is 4.54. The molecule has 4 nitrogen and oxygen atoms in total. The van der Waals surface area contributed by atoms with Gasteiger partial charge in [0.2, 0.25) is 0 Å². The number of nitrogens with two attached hydrogens (primary N) is 1. The van der Waals surface area contributed by atoms with Gasteiger partial charge in [-0.25, -0.2) is 0 Å². The molecular formula is C15H22N4. The Morgan fingerprint density at radius 3 is 2.26 bits per heavy atom. The normalized spacial score (nSPS) is 12.5. The fourth-order valence-electron chi connectivity index (χ4n) is 2.33. The summed E-state index contributed by atoms with van der Waals surface area (Å²) in [5.74, 6) is 0. The second-order valence-corrected chi connectivity index (χ2v) is 5.11. The molecule has 0 saturated heterocycles. The van der Waals surface area contributed by atoms with Crippen molar-refractivity contribution in [3.8, 4) is 0 Å². The van der Waals surface area contributed by atoms with Crippen molar-refractivity contribution in [2.75, 3.05) is 25.5 Å². The first-order valence-electron chi connectivity index (χ1n) is 6.53. The standard InChI is InChI=1S/C15H22N4/c1-11-9-12(2)19(17-11)15(10-16)13-5-7-14(8-6-13)18(3)4/h5-9,15H,10,16H2,1-4H3. The highest BCUT2D eigenvalue weighted by molar-refractivity contribution is 5.46. The Bertz CT molecular complexity index is 540. The predicted octanol–water partition coefficient (Wildman–Crippen LogP) is 2.11. The molecule has 1 aromatic heterocycles. The van der Waals surface area contributed by atoms with E-state index in [4.69, 9.17) is 5.73 Å². The Balaban J connectivity index is 2.34. The van der Waals surface area contributed by atoms with E-state index in [9.17, 15) is 0 Å². The number of hydrogen-bond donors (Lipinski definition) is 1. The molecule has 4 heteroatoms. The summed E-state index contributed by atoms with van der Waals surface area (Å²) in [5.41, 5.74) is 10.5. The van der Waals surface area contributed by atoms with Crippen LogP contribution in [0.5, 0.6) is 0 Å². The average molecular weight is 258 g/mol. The van der Waals surface area contributed by atoms with Crippen molar-refractivity contribution in [1.29, 1.82) is 0 Å². The van der Waals surface area contributed by atoms with Crippen LogP contribution in [0.2, 0.25) is 0 Å². The summed E-state index contributed by atoms with van der Waals surface area (Å²) in [7, 11) is 4.08. The molecule has 2 aromatic rings. The summed E-state index contributed by atoms with van der Waals surface area (Å²) in [4.78, 5) is 2.09. The molecule has 0 aliphatic carbocycles. The van der Waals surface area contributed by atoms with Crippen molar-refractivity contribution < 1.29 is 0 Å². The van der Waals surface area contributed by atoms with Crippen molar-refractivity contribution in [2.45, 2.75) is 19.9 Å². The van der Waals surface area contributed by atoms with Crippen LogP contribution in [0.15, 0.2) is 30.3 Å². The van der Waals surface area contributed by atoms with Gasteiger partial charge >= 0.3 is 0 Å². The smallest absolute Gasteiger partial charge is 0.0893 e. The molecule has 0 fully saturated rings. The Kier molecular flexibility index (Phi) is 3.90. The molecule has 102 valence electrons. The Labute approximate surface area is 114 Å². The van der Waals surface area contributed by atoms with Gasteiger partial charge in [-0.2, -0.15) is 5.10 Å². The van der Waals surface area contributed by atoms with Gasteiger partial charge in [0.1, 0.15) is 0 Å². The van der Waals surface area contributed by atoms with Crippen LogP contribution in [-0.2, 0) is 0 Å². The summed E-state index contributed by atoms with van der Waals surface area (Å²) < 4.78 is 2.01. The average Bonchev–Trinajstić information content (AvgIpc) is 2.70. The van der Waals surface area contributed by atoms with Crippen molar-refractivity contribution in [2.24, 2.45) is 5.73 Å². The van der Waals surface area contributed by atoms with Crippen LogP contribution in [0.3, 0.4) is 0 Å². The lowest BCUT2D eigenvalue weighted by Crippen LogP contribution is -2.22. The van der Waals surface area contributed by atoms with Crippen molar-refractivity contribution >= 4 is 5.69 Å². The molecule has 0 amide bonds. The van der Waals surface area contributed by atoms with E-state index in [0.717, 1.165) is 11.4 Å². The van der Waals surface area contributed by atoms with Crippen molar-refractivity contribution in [3.63, 3.8) is 0 Å². The SMILES string of the molecule is Cc1cc(C)n(C(CN)c2ccc(N(C)C)cc2)n1. The van der Waals surface area contributed by atoms with Crippen LogP contribution in [-0.4, -0.2) is 30.4 Å². The zero-order valence-corrected chi connectivity index (χ0v) is 12.1. The monoisotopic (exact) mass is 258 g/mol. The van der Waals surface area contributed by atoms with E-state index >= 15 is 0 Å². The zero-order chi connectivity index (χ0) is 14.0. The topological polar surface area (TPSA) is 47.1 Å². The Morgan fingerprint density at radius 2 is 1.84 bits per heavy atom. The molecule has 2 N–H and O–H groups in total. The summed E-state index contributed by atoms with van der Waals surface area (Å²) in [6.45, 7) is 4.62. The first-order chi connectivity index (χ1) is 9.02. The number of anilines is 1. The highest BCUT2D eigenvalue weighted by atomic mass is 15.3. The number of aromatic nitrogens is 2. The highest BCUT2D eigenvalue weighted by Gasteiger charge is 2.15.